The first kappa shape index (κ1) is 18.4. The van der Waals surface area contributed by atoms with Gasteiger partial charge in [0.2, 0.25) is 0 Å². The highest BCUT2D eigenvalue weighted by molar-refractivity contribution is 9.10. The molecule has 0 radical (unpaired) electrons. The molecule has 7 heteroatoms. The maximum Gasteiger partial charge on any atom is 0.254 e. The maximum atomic E-state index is 13.0. The summed E-state index contributed by atoms with van der Waals surface area (Å²) >= 11 is 9.33. The zero-order valence-corrected chi connectivity index (χ0v) is 16.5. The van der Waals surface area contributed by atoms with Crippen molar-refractivity contribution < 1.29 is 13.2 Å². The van der Waals surface area contributed by atoms with Crippen LogP contribution in [-0.2, 0) is 16.4 Å². The molecule has 4 nitrogen and oxygen atoms in total. The predicted molar refractivity (Wildman–Crippen MR) is 103 cm³/mol. The number of carbonyl (C=O) groups is 1. The average Bonchev–Trinajstić information content (AvgIpc) is 2.92. The molecular weight excluding hydrogens is 426 g/mol. The van der Waals surface area contributed by atoms with Gasteiger partial charge < -0.3 is 4.90 Å². The van der Waals surface area contributed by atoms with Crippen molar-refractivity contribution in [1.29, 1.82) is 0 Å². The first-order valence-electron chi connectivity index (χ1n) is 7.85. The van der Waals surface area contributed by atoms with Gasteiger partial charge in [0.1, 0.15) is 0 Å². The van der Waals surface area contributed by atoms with Crippen LogP contribution in [0.2, 0.25) is 5.02 Å². The number of amides is 1. The standard InChI is InChI=1S/C18H17BrClNO3S/c19-15-3-1-2-13(10-15)11-21(17-8-9-25(23,24)12-17)18(22)14-4-6-16(20)7-5-14/h1-7,10,17H,8-9,11-12H2/t17-/m0/s1. The molecule has 1 heterocycles. The first-order chi connectivity index (χ1) is 11.8. The number of sulfone groups is 1. The molecule has 1 amide bonds. The lowest BCUT2D eigenvalue weighted by Gasteiger charge is -2.28. The minimum atomic E-state index is -3.09. The molecule has 0 N–H and O–H groups in total. The van der Waals surface area contributed by atoms with Gasteiger partial charge in [-0.1, -0.05) is 39.7 Å². The molecule has 0 spiro atoms. The fourth-order valence-corrected chi connectivity index (χ4v) is 5.28. The van der Waals surface area contributed by atoms with Gasteiger partial charge in [-0.15, -0.1) is 0 Å². The van der Waals surface area contributed by atoms with Crippen molar-refractivity contribution in [2.75, 3.05) is 11.5 Å². The lowest BCUT2D eigenvalue weighted by Crippen LogP contribution is -2.40. The van der Waals surface area contributed by atoms with Crippen molar-refractivity contribution >= 4 is 43.3 Å². The van der Waals surface area contributed by atoms with Crippen molar-refractivity contribution in [2.45, 2.75) is 19.0 Å². The van der Waals surface area contributed by atoms with Crippen LogP contribution in [-0.4, -0.2) is 36.8 Å². The molecule has 3 rings (SSSR count). The van der Waals surface area contributed by atoms with Gasteiger partial charge in [-0.05, 0) is 48.4 Å². The largest absolute Gasteiger partial charge is 0.330 e. The van der Waals surface area contributed by atoms with Gasteiger partial charge in [0, 0.05) is 27.6 Å². The first-order valence-corrected chi connectivity index (χ1v) is 10.8. The van der Waals surface area contributed by atoms with E-state index in [1.807, 2.05) is 24.3 Å². The van der Waals surface area contributed by atoms with E-state index in [-0.39, 0.29) is 23.5 Å². The van der Waals surface area contributed by atoms with E-state index >= 15 is 0 Å². The molecular formula is C18H17BrClNO3S. The van der Waals surface area contributed by atoms with Crippen LogP contribution >= 0.6 is 27.5 Å². The monoisotopic (exact) mass is 441 g/mol. The SMILES string of the molecule is O=C(c1ccc(Cl)cc1)N(Cc1cccc(Br)c1)[C@H]1CCS(=O)(=O)C1. The van der Waals surface area contributed by atoms with Gasteiger partial charge in [0.05, 0.1) is 11.5 Å². The Kier molecular flexibility index (Phi) is 5.51. The van der Waals surface area contributed by atoms with Crippen LogP contribution in [0.15, 0.2) is 53.0 Å². The van der Waals surface area contributed by atoms with Gasteiger partial charge in [-0.2, -0.15) is 0 Å². The fourth-order valence-electron chi connectivity index (χ4n) is 2.98. The zero-order chi connectivity index (χ0) is 18.0. The summed E-state index contributed by atoms with van der Waals surface area (Å²) < 4.78 is 24.7. The molecule has 1 fully saturated rings. The van der Waals surface area contributed by atoms with E-state index in [0.29, 0.717) is 23.6 Å². The van der Waals surface area contributed by atoms with Gasteiger partial charge in [-0.25, -0.2) is 8.42 Å². The molecule has 2 aromatic rings. The molecule has 0 unspecified atom stereocenters. The molecule has 1 aliphatic heterocycles. The number of hydrogen-bond donors (Lipinski definition) is 0. The maximum absolute atomic E-state index is 13.0. The van der Waals surface area contributed by atoms with E-state index in [4.69, 9.17) is 11.6 Å². The quantitative estimate of drug-likeness (QED) is 0.721. The summed E-state index contributed by atoms with van der Waals surface area (Å²) in [5.74, 6) is -0.0420. The Morgan fingerprint density at radius 3 is 2.52 bits per heavy atom. The van der Waals surface area contributed by atoms with Crippen LogP contribution in [0, 0.1) is 0 Å². The number of benzene rings is 2. The van der Waals surface area contributed by atoms with Crippen molar-refractivity contribution in [2.24, 2.45) is 0 Å². The summed E-state index contributed by atoms with van der Waals surface area (Å²) in [6.45, 7) is 0.362. The molecule has 0 bridgehead atoms. The Morgan fingerprint density at radius 2 is 1.92 bits per heavy atom. The predicted octanol–water partition coefficient (Wildman–Crippen LogP) is 3.93. The van der Waals surface area contributed by atoms with E-state index in [1.165, 1.54) is 0 Å². The van der Waals surface area contributed by atoms with Gasteiger partial charge >= 0.3 is 0 Å². The molecule has 0 aliphatic carbocycles. The molecule has 0 aromatic heterocycles. The van der Waals surface area contributed by atoms with Crippen LogP contribution in [0.4, 0.5) is 0 Å². The summed E-state index contributed by atoms with van der Waals surface area (Å²) in [7, 11) is -3.09. The minimum Gasteiger partial charge on any atom is -0.330 e. The number of halogens is 2. The van der Waals surface area contributed by atoms with Gasteiger partial charge in [-0.3, -0.25) is 4.79 Å². The van der Waals surface area contributed by atoms with Gasteiger partial charge in [0.15, 0.2) is 9.84 Å². The van der Waals surface area contributed by atoms with Crippen molar-refractivity contribution in [3.8, 4) is 0 Å². The summed E-state index contributed by atoms with van der Waals surface area (Å²) in [6.07, 6.45) is 0.468. The highest BCUT2D eigenvalue weighted by Gasteiger charge is 2.35. The summed E-state index contributed by atoms with van der Waals surface area (Å²) in [4.78, 5) is 14.7. The number of carbonyl (C=O) groups excluding carboxylic acids is 1. The third kappa shape index (κ3) is 4.63. The third-order valence-corrected chi connectivity index (χ3v) is 6.74. The molecule has 132 valence electrons. The van der Waals surface area contributed by atoms with Crippen LogP contribution in [0.25, 0.3) is 0 Å². The second-order valence-electron chi connectivity index (χ2n) is 6.13. The second-order valence-corrected chi connectivity index (χ2v) is 9.71. The minimum absolute atomic E-state index is 0.0142. The lowest BCUT2D eigenvalue weighted by molar-refractivity contribution is 0.0681. The van der Waals surface area contributed by atoms with E-state index in [0.717, 1.165) is 10.0 Å². The Labute approximate surface area is 160 Å². The Balaban J connectivity index is 1.91. The molecule has 1 aliphatic rings. The second kappa shape index (κ2) is 7.48. The van der Waals surface area contributed by atoms with Crippen LogP contribution in [0.5, 0.6) is 0 Å². The fraction of sp³-hybridized carbons (Fsp3) is 0.278. The molecule has 1 saturated heterocycles. The summed E-state index contributed by atoms with van der Waals surface area (Å²) in [5.41, 5.74) is 1.45. The van der Waals surface area contributed by atoms with Crippen LogP contribution in [0.1, 0.15) is 22.3 Å². The topological polar surface area (TPSA) is 54.5 Å². The van der Waals surface area contributed by atoms with Crippen molar-refractivity contribution in [1.82, 2.24) is 4.90 Å². The van der Waals surface area contributed by atoms with E-state index in [2.05, 4.69) is 15.9 Å². The Hall–Kier alpha value is -1.37. The smallest absolute Gasteiger partial charge is 0.254 e. The van der Waals surface area contributed by atoms with Gasteiger partial charge in [0.25, 0.3) is 5.91 Å². The third-order valence-electron chi connectivity index (χ3n) is 4.24. The highest BCUT2D eigenvalue weighted by Crippen LogP contribution is 2.24. The summed E-state index contributed by atoms with van der Waals surface area (Å²) in [5, 5.41) is 0.554. The van der Waals surface area contributed by atoms with Crippen molar-refractivity contribution in [3.63, 3.8) is 0 Å². The van der Waals surface area contributed by atoms with E-state index < -0.39 is 9.84 Å². The molecule has 1 atom stereocenters. The number of rotatable bonds is 4. The average molecular weight is 443 g/mol. The zero-order valence-electron chi connectivity index (χ0n) is 13.4. The number of hydrogen-bond acceptors (Lipinski definition) is 3. The number of nitrogens with zero attached hydrogens (tertiary/aromatic N) is 1. The van der Waals surface area contributed by atoms with Crippen molar-refractivity contribution in [3.05, 3.63) is 69.2 Å². The van der Waals surface area contributed by atoms with Crippen LogP contribution in [0.3, 0.4) is 0 Å². The molecule has 25 heavy (non-hydrogen) atoms. The Morgan fingerprint density at radius 1 is 1.20 bits per heavy atom. The van der Waals surface area contributed by atoms with E-state index in [9.17, 15) is 13.2 Å². The lowest BCUT2D eigenvalue weighted by atomic mass is 10.1. The Bertz CT molecular complexity index is 883. The normalized spacial score (nSPS) is 18.9. The van der Waals surface area contributed by atoms with Crippen LogP contribution < -0.4 is 0 Å². The van der Waals surface area contributed by atoms with E-state index in [1.54, 1.807) is 29.2 Å². The highest BCUT2D eigenvalue weighted by atomic mass is 79.9. The summed E-state index contributed by atoms with van der Waals surface area (Å²) in [6, 6.07) is 14.0. The molecule has 0 saturated carbocycles. The molecule has 2 aromatic carbocycles.